The van der Waals surface area contributed by atoms with Gasteiger partial charge in [-0.1, -0.05) is 6.07 Å². The third kappa shape index (κ3) is 3.39. The lowest BCUT2D eigenvalue weighted by Crippen LogP contribution is -2.46. The van der Waals surface area contributed by atoms with Gasteiger partial charge in [-0.3, -0.25) is 4.79 Å². The van der Waals surface area contributed by atoms with Gasteiger partial charge in [-0.15, -0.1) is 23.7 Å². The first-order valence-electron chi connectivity index (χ1n) is 6.30. The van der Waals surface area contributed by atoms with Crippen molar-refractivity contribution in [2.45, 2.75) is 6.42 Å². The predicted octanol–water partition coefficient (Wildman–Crippen LogP) is 1.80. The van der Waals surface area contributed by atoms with Gasteiger partial charge in [0, 0.05) is 26.2 Å². The number of piperazine rings is 1. The van der Waals surface area contributed by atoms with E-state index < -0.39 is 0 Å². The lowest BCUT2D eigenvalue weighted by Gasteiger charge is -2.27. The number of aromatic nitrogens is 1. The zero-order chi connectivity index (χ0) is 13.1. The Bertz CT molecular complexity index is 550. The lowest BCUT2D eigenvalue weighted by atomic mass is 10.2. The summed E-state index contributed by atoms with van der Waals surface area (Å²) < 4.78 is 5.41. The van der Waals surface area contributed by atoms with Gasteiger partial charge < -0.3 is 14.6 Å². The number of halogens is 1. The van der Waals surface area contributed by atoms with Gasteiger partial charge in [-0.05, 0) is 11.4 Å². The Morgan fingerprint density at radius 2 is 2.25 bits per heavy atom. The summed E-state index contributed by atoms with van der Waals surface area (Å²) in [6, 6.07) is 3.91. The van der Waals surface area contributed by atoms with Gasteiger partial charge in [0.1, 0.15) is 6.26 Å². The van der Waals surface area contributed by atoms with Crippen LogP contribution in [-0.4, -0.2) is 42.0 Å². The van der Waals surface area contributed by atoms with Crippen molar-refractivity contribution in [2.75, 3.05) is 26.2 Å². The molecule has 1 aliphatic rings. The molecule has 7 heteroatoms. The average Bonchev–Trinajstić information content (AvgIpc) is 3.10. The molecule has 20 heavy (non-hydrogen) atoms. The highest BCUT2D eigenvalue weighted by Gasteiger charge is 2.18. The highest BCUT2D eigenvalue weighted by Crippen LogP contribution is 2.23. The summed E-state index contributed by atoms with van der Waals surface area (Å²) in [4.78, 5) is 19.3. The molecule has 0 radical (unpaired) electrons. The van der Waals surface area contributed by atoms with Crippen molar-refractivity contribution < 1.29 is 9.21 Å². The number of hydrogen-bond acceptors (Lipinski definition) is 5. The molecule has 0 spiro atoms. The molecule has 2 aromatic heterocycles. The van der Waals surface area contributed by atoms with Crippen LogP contribution >= 0.6 is 23.7 Å². The van der Waals surface area contributed by atoms with Gasteiger partial charge in [0.05, 0.1) is 17.0 Å². The van der Waals surface area contributed by atoms with E-state index in [1.807, 2.05) is 22.4 Å². The van der Waals surface area contributed by atoms with E-state index in [1.165, 1.54) is 0 Å². The minimum absolute atomic E-state index is 0. The van der Waals surface area contributed by atoms with Crippen LogP contribution in [0.4, 0.5) is 0 Å². The minimum atomic E-state index is 0. The molecule has 108 valence electrons. The van der Waals surface area contributed by atoms with E-state index in [4.69, 9.17) is 4.42 Å². The number of nitrogens with zero attached hydrogens (tertiary/aromatic N) is 2. The molecule has 1 aliphatic heterocycles. The summed E-state index contributed by atoms with van der Waals surface area (Å²) in [5.74, 6) is 0.714. The molecule has 0 aliphatic carbocycles. The smallest absolute Gasteiger partial charge is 0.236 e. The number of oxazole rings is 1. The zero-order valence-corrected chi connectivity index (χ0v) is 12.5. The highest BCUT2D eigenvalue weighted by molar-refractivity contribution is 7.13. The molecule has 5 nitrogen and oxygen atoms in total. The van der Waals surface area contributed by atoms with Crippen molar-refractivity contribution >= 4 is 29.7 Å². The second kappa shape index (κ2) is 6.88. The summed E-state index contributed by atoms with van der Waals surface area (Å²) in [6.07, 6.45) is 1.89. The molecule has 0 aromatic carbocycles. The Hall–Kier alpha value is -1.37. The van der Waals surface area contributed by atoms with Crippen LogP contribution in [0.25, 0.3) is 10.8 Å². The van der Waals surface area contributed by atoms with Crippen molar-refractivity contribution in [2.24, 2.45) is 0 Å². The van der Waals surface area contributed by atoms with E-state index in [2.05, 4.69) is 10.3 Å². The predicted molar refractivity (Wildman–Crippen MR) is 80.2 cm³/mol. The first kappa shape index (κ1) is 15.0. The average molecular weight is 314 g/mol. The van der Waals surface area contributed by atoms with Crippen molar-refractivity contribution in [3.8, 4) is 10.8 Å². The maximum Gasteiger partial charge on any atom is 0.236 e. The van der Waals surface area contributed by atoms with Crippen LogP contribution < -0.4 is 5.32 Å². The summed E-state index contributed by atoms with van der Waals surface area (Å²) in [7, 11) is 0. The molecule has 1 fully saturated rings. The molecule has 0 saturated carbocycles. The molecular formula is C13H16ClN3O2S. The van der Waals surface area contributed by atoms with Crippen LogP contribution in [0.1, 0.15) is 5.69 Å². The van der Waals surface area contributed by atoms with Gasteiger partial charge in [-0.2, -0.15) is 0 Å². The minimum Gasteiger partial charge on any atom is -0.444 e. The van der Waals surface area contributed by atoms with E-state index in [0.717, 1.165) is 31.1 Å². The Morgan fingerprint density at radius 1 is 1.45 bits per heavy atom. The number of thiophene rings is 1. The molecule has 0 unspecified atom stereocenters. The van der Waals surface area contributed by atoms with E-state index in [1.54, 1.807) is 17.6 Å². The third-order valence-electron chi connectivity index (χ3n) is 3.09. The maximum atomic E-state index is 12.1. The molecule has 3 heterocycles. The van der Waals surface area contributed by atoms with Crippen molar-refractivity contribution in [3.63, 3.8) is 0 Å². The van der Waals surface area contributed by atoms with E-state index in [0.29, 0.717) is 18.0 Å². The summed E-state index contributed by atoms with van der Waals surface area (Å²) in [5, 5.41) is 5.21. The Morgan fingerprint density at radius 3 is 2.95 bits per heavy atom. The number of nitrogens with one attached hydrogen (secondary N) is 1. The zero-order valence-electron chi connectivity index (χ0n) is 10.9. The van der Waals surface area contributed by atoms with Gasteiger partial charge in [0.2, 0.25) is 11.8 Å². The molecule has 0 bridgehead atoms. The van der Waals surface area contributed by atoms with Crippen molar-refractivity contribution in [1.82, 2.24) is 15.2 Å². The molecule has 2 aromatic rings. The Kier molecular flexibility index (Phi) is 5.17. The largest absolute Gasteiger partial charge is 0.444 e. The van der Waals surface area contributed by atoms with Crippen LogP contribution in [0.3, 0.4) is 0 Å². The summed E-state index contributed by atoms with van der Waals surface area (Å²) >= 11 is 1.58. The SMILES string of the molecule is Cl.O=C(Cc1coc(-c2cccs2)n1)N1CCNCC1. The molecule has 1 saturated heterocycles. The topological polar surface area (TPSA) is 58.4 Å². The fourth-order valence-corrected chi connectivity index (χ4v) is 2.74. The molecule has 3 rings (SSSR count). The number of carbonyl (C=O) groups is 1. The quantitative estimate of drug-likeness (QED) is 0.938. The first-order valence-corrected chi connectivity index (χ1v) is 7.17. The molecular weight excluding hydrogens is 298 g/mol. The number of carbonyl (C=O) groups excluding carboxylic acids is 1. The van der Waals surface area contributed by atoms with E-state index >= 15 is 0 Å². The standard InChI is InChI=1S/C13H15N3O2S.ClH/c17-12(16-5-3-14-4-6-16)8-10-9-18-13(15-10)11-2-1-7-19-11;/h1-2,7,9,14H,3-6,8H2;1H. The molecule has 0 atom stereocenters. The van der Waals surface area contributed by atoms with Crippen LogP contribution in [0, 0.1) is 0 Å². The number of rotatable bonds is 3. The second-order valence-electron chi connectivity index (χ2n) is 4.43. The van der Waals surface area contributed by atoms with Gasteiger partial charge in [-0.25, -0.2) is 4.98 Å². The Labute approximate surface area is 127 Å². The summed E-state index contributed by atoms with van der Waals surface area (Å²) in [5.41, 5.74) is 0.701. The Balaban J connectivity index is 0.00000147. The van der Waals surface area contributed by atoms with Crippen molar-refractivity contribution in [1.29, 1.82) is 0 Å². The monoisotopic (exact) mass is 313 g/mol. The van der Waals surface area contributed by atoms with Gasteiger partial charge in [0.15, 0.2) is 0 Å². The van der Waals surface area contributed by atoms with Crippen LogP contribution in [-0.2, 0) is 11.2 Å². The maximum absolute atomic E-state index is 12.1. The highest BCUT2D eigenvalue weighted by atomic mass is 35.5. The van der Waals surface area contributed by atoms with E-state index in [-0.39, 0.29) is 18.3 Å². The van der Waals surface area contributed by atoms with Crippen LogP contribution in [0.2, 0.25) is 0 Å². The summed E-state index contributed by atoms with van der Waals surface area (Å²) in [6.45, 7) is 3.28. The normalized spacial score (nSPS) is 14.9. The van der Waals surface area contributed by atoms with E-state index in [9.17, 15) is 4.79 Å². The third-order valence-corrected chi connectivity index (χ3v) is 3.94. The number of hydrogen-bond donors (Lipinski definition) is 1. The fourth-order valence-electron chi connectivity index (χ4n) is 2.08. The first-order chi connectivity index (χ1) is 9.33. The number of amides is 1. The fraction of sp³-hybridized carbons (Fsp3) is 0.385. The van der Waals surface area contributed by atoms with Gasteiger partial charge in [0.25, 0.3) is 0 Å². The lowest BCUT2D eigenvalue weighted by molar-refractivity contribution is -0.131. The van der Waals surface area contributed by atoms with Crippen LogP contribution in [0.15, 0.2) is 28.2 Å². The molecule has 1 N–H and O–H groups in total. The van der Waals surface area contributed by atoms with Crippen LogP contribution in [0.5, 0.6) is 0 Å². The van der Waals surface area contributed by atoms with Crippen molar-refractivity contribution in [3.05, 3.63) is 29.5 Å². The second-order valence-corrected chi connectivity index (χ2v) is 5.38. The molecule has 1 amide bonds. The van der Waals surface area contributed by atoms with Gasteiger partial charge >= 0.3 is 0 Å².